The molecule has 27 heavy (non-hydrogen) atoms. The quantitative estimate of drug-likeness (QED) is 0.576. The molecule has 0 amide bonds. The fourth-order valence-corrected chi connectivity index (χ4v) is 3.11. The summed E-state index contributed by atoms with van der Waals surface area (Å²) in [4.78, 5) is 4.46. The average molecular weight is 367 g/mol. The van der Waals surface area contributed by atoms with Crippen molar-refractivity contribution in [2.75, 3.05) is 18.5 Å². The summed E-state index contributed by atoms with van der Waals surface area (Å²) in [5.74, 6) is 0.423. The van der Waals surface area contributed by atoms with E-state index in [9.17, 15) is 0 Å². The van der Waals surface area contributed by atoms with Gasteiger partial charge in [0.15, 0.2) is 5.96 Å². The largest absolute Gasteiger partial charge is 0.381 e. The predicted molar refractivity (Wildman–Crippen MR) is 110 cm³/mol. The normalized spacial score (nSPS) is 15.7. The molecule has 0 unspecified atom stereocenters. The second-order valence-electron chi connectivity index (χ2n) is 6.82. The van der Waals surface area contributed by atoms with Crippen LogP contribution >= 0.6 is 0 Å². The van der Waals surface area contributed by atoms with Crippen LogP contribution in [0.2, 0.25) is 0 Å². The van der Waals surface area contributed by atoms with E-state index in [2.05, 4.69) is 47.6 Å². The van der Waals surface area contributed by atoms with E-state index in [-0.39, 0.29) is 0 Å². The molecule has 3 N–H and O–H groups in total. The number of hydrogen-bond donors (Lipinski definition) is 2. The Hall–Kier alpha value is -2.37. The van der Waals surface area contributed by atoms with Crippen LogP contribution in [0.5, 0.6) is 0 Å². The van der Waals surface area contributed by atoms with Crippen LogP contribution in [0.1, 0.15) is 36.5 Å². The Labute approximate surface area is 161 Å². The first kappa shape index (κ1) is 19.4. The maximum absolute atomic E-state index is 6.04. The van der Waals surface area contributed by atoms with E-state index in [1.54, 1.807) is 0 Å². The van der Waals surface area contributed by atoms with Gasteiger partial charge >= 0.3 is 0 Å². The number of nitrogens with zero attached hydrogens (tertiary/aromatic N) is 1. The van der Waals surface area contributed by atoms with Gasteiger partial charge in [-0.15, -0.1) is 0 Å². The summed E-state index contributed by atoms with van der Waals surface area (Å²) in [6, 6.07) is 16.5. The summed E-state index contributed by atoms with van der Waals surface area (Å²) in [5, 5.41) is 3.16. The molecule has 0 atom stereocenters. The molecule has 0 radical (unpaired) electrons. The van der Waals surface area contributed by atoms with Gasteiger partial charge < -0.3 is 20.5 Å². The highest BCUT2D eigenvalue weighted by Crippen LogP contribution is 2.15. The molecular weight excluding hydrogens is 338 g/mol. The van der Waals surface area contributed by atoms with E-state index >= 15 is 0 Å². The Kier molecular flexibility index (Phi) is 7.25. The van der Waals surface area contributed by atoms with Crippen molar-refractivity contribution in [3.05, 3.63) is 65.2 Å². The molecule has 144 valence electrons. The van der Waals surface area contributed by atoms with Gasteiger partial charge in [-0.2, -0.15) is 0 Å². The Morgan fingerprint density at radius 3 is 2.67 bits per heavy atom. The lowest BCUT2D eigenvalue weighted by Gasteiger charge is -2.22. The molecule has 2 aromatic rings. The molecule has 0 saturated carbocycles. The molecule has 0 spiro atoms. The smallest absolute Gasteiger partial charge is 0.193 e. The van der Waals surface area contributed by atoms with Crippen molar-refractivity contribution in [1.29, 1.82) is 0 Å². The van der Waals surface area contributed by atoms with Crippen molar-refractivity contribution in [2.24, 2.45) is 10.7 Å². The van der Waals surface area contributed by atoms with Crippen LogP contribution in [0.4, 0.5) is 5.69 Å². The van der Waals surface area contributed by atoms with E-state index < -0.39 is 0 Å². The molecule has 1 fully saturated rings. The Morgan fingerprint density at radius 2 is 1.85 bits per heavy atom. The third-order valence-corrected chi connectivity index (χ3v) is 4.69. The molecular formula is C22H29N3O2. The minimum Gasteiger partial charge on any atom is -0.381 e. The maximum Gasteiger partial charge on any atom is 0.193 e. The maximum atomic E-state index is 6.04. The topological polar surface area (TPSA) is 68.9 Å². The summed E-state index contributed by atoms with van der Waals surface area (Å²) in [6.07, 6.45) is 3.26. The van der Waals surface area contributed by atoms with E-state index in [1.807, 2.05) is 18.2 Å². The van der Waals surface area contributed by atoms with Gasteiger partial charge in [0.25, 0.3) is 0 Å². The zero-order valence-electron chi connectivity index (χ0n) is 16.0. The van der Waals surface area contributed by atoms with Crippen LogP contribution in [-0.4, -0.2) is 25.3 Å². The first-order valence-corrected chi connectivity index (χ1v) is 9.66. The van der Waals surface area contributed by atoms with E-state index in [0.29, 0.717) is 25.2 Å². The number of nitrogens with two attached hydrogens (primary N) is 1. The van der Waals surface area contributed by atoms with Gasteiger partial charge in [-0.3, -0.25) is 0 Å². The van der Waals surface area contributed by atoms with Crippen LogP contribution in [0.3, 0.4) is 0 Å². The van der Waals surface area contributed by atoms with E-state index in [1.165, 1.54) is 5.56 Å². The lowest BCUT2D eigenvalue weighted by atomic mass is 10.1. The molecule has 5 nitrogen and oxygen atoms in total. The number of ether oxygens (including phenoxy) is 2. The summed E-state index contributed by atoms with van der Waals surface area (Å²) in [5.41, 5.74) is 10.6. The van der Waals surface area contributed by atoms with E-state index in [4.69, 9.17) is 15.2 Å². The third-order valence-electron chi connectivity index (χ3n) is 4.69. The number of aliphatic imine (C=N–C) groups is 1. The van der Waals surface area contributed by atoms with Gasteiger partial charge in [0.1, 0.15) is 0 Å². The van der Waals surface area contributed by atoms with Gasteiger partial charge in [-0.25, -0.2) is 4.99 Å². The van der Waals surface area contributed by atoms with Crippen molar-refractivity contribution in [3.63, 3.8) is 0 Å². The molecule has 0 aromatic heterocycles. The van der Waals surface area contributed by atoms with E-state index in [0.717, 1.165) is 49.3 Å². The number of hydrogen-bond acceptors (Lipinski definition) is 3. The highest BCUT2D eigenvalue weighted by molar-refractivity contribution is 5.92. The minimum absolute atomic E-state index is 0.305. The monoisotopic (exact) mass is 367 g/mol. The summed E-state index contributed by atoms with van der Waals surface area (Å²) >= 11 is 0. The fraction of sp³-hybridized carbons (Fsp3) is 0.409. The fourth-order valence-electron chi connectivity index (χ4n) is 3.11. The molecule has 1 aliphatic rings. The molecule has 1 aliphatic heterocycles. The molecule has 0 aliphatic carbocycles. The molecule has 1 saturated heterocycles. The highest BCUT2D eigenvalue weighted by Gasteiger charge is 2.13. The second kappa shape index (κ2) is 10.1. The zero-order valence-corrected chi connectivity index (χ0v) is 16.0. The SMILES string of the molecule is CCc1cccc(NC(N)=NCc2cccc(COC3CCOCC3)c2)c1. The van der Waals surface area contributed by atoms with Crippen molar-refractivity contribution in [1.82, 2.24) is 0 Å². The van der Waals surface area contributed by atoms with Gasteiger partial charge in [-0.1, -0.05) is 43.3 Å². The van der Waals surface area contributed by atoms with Gasteiger partial charge in [0.2, 0.25) is 0 Å². The van der Waals surface area contributed by atoms with Crippen molar-refractivity contribution in [3.8, 4) is 0 Å². The van der Waals surface area contributed by atoms with Gasteiger partial charge in [0, 0.05) is 18.9 Å². The Morgan fingerprint density at radius 1 is 1.11 bits per heavy atom. The lowest BCUT2D eigenvalue weighted by Crippen LogP contribution is -2.23. The zero-order chi connectivity index (χ0) is 18.9. The molecule has 0 bridgehead atoms. The summed E-state index contributed by atoms with van der Waals surface area (Å²) in [6.45, 7) is 4.90. The van der Waals surface area contributed by atoms with Crippen molar-refractivity contribution in [2.45, 2.75) is 45.4 Å². The standard InChI is InChI=1S/C22H29N3O2/c1-2-17-5-4-8-20(14-17)25-22(23)24-15-18-6-3-7-19(13-18)16-27-21-9-11-26-12-10-21/h3-8,13-14,21H,2,9-12,15-16H2,1H3,(H3,23,24,25). The van der Waals surface area contributed by atoms with Crippen LogP contribution < -0.4 is 11.1 Å². The third kappa shape index (κ3) is 6.38. The lowest BCUT2D eigenvalue weighted by molar-refractivity contribution is -0.0390. The molecule has 3 rings (SSSR count). The first-order chi connectivity index (χ1) is 13.2. The average Bonchev–Trinajstić information content (AvgIpc) is 2.72. The van der Waals surface area contributed by atoms with Crippen LogP contribution in [0.25, 0.3) is 0 Å². The number of anilines is 1. The highest BCUT2D eigenvalue weighted by atomic mass is 16.5. The number of rotatable bonds is 7. The molecule has 5 heteroatoms. The summed E-state index contributed by atoms with van der Waals surface area (Å²) in [7, 11) is 0. The molecule has 2 aromatic carbocycles. The minimum atomic E-state index is 0.305. The predicted octanol–water partition coefficient (Wildman–Crippen LogP) is 3.87. The van der Waals surface area contributed by atoms with Crippen LogP contribution in [0, 0.1) is 0 Å². The number of guanidine groups is 1. The Bertz CT molecular complexity index is 755. The van der Waals surface area contributed by atoms with Crippen molar-refractivity contribution >= 4 is 11.6 Å². The van der Waals surface area contributed by atoms with Gasteiger partial charge in [0.05, 0.1) is 19.3 Å². The summed E-state index contributed by atoms with van der Waals surface area (Å²) < 4.78 is 11.4. The second-order valence-corrected chi connectivity index (χ2v) is 6.82. The van der Waals surface area contributed by atoms with Crippen molar-refractivity contribution < 1.29 is 9.47 Å². The number of benzene rings is 2. The van der Waals surface area contributed by atoms with Crippen LogP contribution in [-0.2, 0) is 29.0 Å². The number of nitrogens with one attached hydrogen (secondary N) is 1. The number of aryl methyl sites for hydroxylation is 1. The van der Waals surface area contributed by atoms with Gasteiger partial charge in [-0.05, 0) is 48.1 Å². The van der Waals surface area contributed by atoms with Crippen LogP contribution in [0.15, 0.2) is 53.5 Å². The molecule has 1 heterocycles. The Balaban J connectivity index is 1.52. The first-order valence-electron chi connectivity index (χ1n) is 9.66.